The van der Waals surface area contributed by atoms with Crippen molar-refractivity contribution in [2.75, 3.05) is 25.5 Å². The van der Waals surface area contributed by atoms with E-state index in [-0.39, 0.29) is 17.4 Å². The van der Waals surface area contributed by atoms with Gasteiger partial charge in [0.15, 0.2) is 5.76 Å². The van der Waals surface area contributed by atoms with E-state index in [0.717, 1.165) is 48.3 Å². The van der Waals surface area contributed by atoms with Gasteiger partial charge in [0.25, 0.3) is 0 Å². The largest absolute Gasteiger partial charge is 0.356 e. The number of aromatic nitrogens is 3. The molecule has 0 radical (unpaired) electrons. The Morgan fingerprint density at radius 2 is 2.00 bits per heavy atom. The van der Waals surface area contributed by atoms with Crippen molar-refractivity contribution < 1.29 is 9.32 Å². The summed E-state index contributed by atoms with van der Waals surface area (Å²) in [5.41, 5.74) is 3.46. The number of likely N-dealkylation sites (tertiary alicyclic amines) is 1. The van der Waals surface area contributed by atoms with Gasteiger partial charge in [-0.25, -0.2) is 9.97 Å². The maximum Gasteiger partial charge on any atom is 0.225 e. The molecule has 1 aliphatic rings. The van der Waals surface area contributed by atoms with Gasteiger partial charge >= 0.3 is 0 Å². The quantitative estimate of drug-likeness (QED) is 0.763. The minimum absolute atomic E-state index is 0.0546. The van der Waals surface area contributed by atoms with E-state index in [1.165, 1.54) is 0 Å². The Bertz CT molecular complexity index is 882. The lowest BCUT2D eigenvalue weighted by molar-refractivity contribution is -0.137. The molecule has 1 fully saturated rings. The highest BCUT2D eigenvalue weighted by molar-refractivity contribution is 5.78. The molecule has 1 saturated heterocycles. The number of nitrogens with zero attached hydrogens (tertiary/aromatic N) is 5. The molecule has 3 heterocycles. The monoisotopic (exact) mass is 399 g/mol. The van der Waals surface area contributed by atoms with Crippen molar-refractivity contribution in [2.24, 2.45) is 5.41 Å². The Kier molecular flexibility index (Phi) is 5.96. The Balaban J connectivity index is 2.09. The van der Waals surface area contributed by atoms with Crippen LogP contribution in [0.2, 0.25) is 0 Å². The maximum absolute atomic E-state index is 13.2. The van der Waals surface area contributed by atoms with Crippen LogP contribution < -0.4 is 4.90 Å². The van der Waals surface area contributed by atoms with Gasteiger partial charge in [-0.05, 0) is 38.5 Å². The zero-order valence-electron chi connectivity index (χ0n) is 18.7. The molecule has 0 unspecified atom stereocenters. The molecule has 7 heteroatoms. The minimum Gasteiger partial charge on any atom is -0.356 e. The molecule has 2 aromatic rings. The lowest BCUT2D eigenvalue weighted by Crippen LogP contribution is -2.40. The highest BCUT2D eigenvalue weighted by atomic mass is 16.5. The molecular weight excluding hydrogens is 366 g/mol. The first-order chi connectivity index (χ1) is 13.6. The normalized spacial score (nSPS) is 17.5. The van der Waals surface area contributed by atoms with E-state index in [1.807, 2.05) is 43.9 Å². The lowest BCUT2D eigenvalue weighted by atomic mass is 9.89. The summed E-state index contributed by atoms with van der Waals surface area (Å²) < 4.78 is 5.64. The predicted octanol–water partition coefficient (Wildman–Crippen LogP) is 4.30. The van der Waals surface area contributed by atoms with Gasteiger partial charge in [-0.1, -0.05) is 25.9 Å². The van der Waals surface area contributed by atoms with E-state index in [2.05, 4.69) is 30.9 Å². The topological polar surface area (TPSA) is 75.4 Å². The third kappa shape index (κ3) is 4.60. The fourth-order valence-electron chi connectivity index (χ4n) is 3.77. The van der Waals surface area contributed by atoms with Crippen LogP contribution in [0, 0.1) is 19.3 Å². The molecule has 29 heavy (non-hydrogen) atoms. The molecule has 3 rings (SSSR count). The van der Waals surface area contributed by atoms with Gasteiger partial charge in [0.05, 0.1) is 23.0 Å². The summed E-state index contributed by atoms with van der Waals surface area (Å²) >= 11 is 0. The molecule has 1 atom stereocenters. The summed E-state index contributed by atoms with van der Waals surface area (Å²) in [5.74, 6) is 1.51. The molecule has 0 spiro atoms. The summed E-state index contributed by atoms with van der Waals surface area (Å²) in [5, 5.41) is 4.12. The number of anilines is 1. The molecule has 0 N–H and O–H groups in total. The Morgan fingerprint density at radius 1 is 1.28 bits per heavy atom. The van der Waals surface area contributed by atoms with Gasteiger partial charge in [0, 0.05) is 38.8 Å². The highest BCUT2D eigenvalue weighted by Gasteiger charge is 2.34. The minimum atomic E-state index is -0.0832. The van der Waals surface area contributed by atoms with Crippen molar-refractivity contribution in [3.05, 3.63) is 23.1 Å². The van der Waals surface area contributed by atoms with Crippen molar-refractivity contribution >= 4 is 11.9 Å². The molecule has 0 aliphatic carbocycles. The third-order valence-electron chi connectivity index (χ3n) is 5.43. The van der Waals surface area contributed by atoms with Crippen LogP contribution in [0.4, 0.5) is 5.95 Å². The Labute approximate surface area is 173 Å². The second kappa shape index (κ2) is 8.13. The second-order valence-corrected chi connectivity index (χ2v) is 9.42. The van der Waals surface area contributed by atoms with Crippen LogP contribution in [0.5, 0.6) is 0 Å². The van der Waals surface area contributed by atoms with E-state index >= 15 is 0 Å². The number of carbonyl (C=O) groups excluding carboxylic acids is 1. The predicted molar refractivity (Wildman–Crippen MR) is 114 cm³/mol. The zero-order chi connectivity index (χ0) is 21.3. The SMILES string of the molecule is Cc1noc(-c2cnc(N(C)C)nc2[C@H]2CCCCN2C(=O)CC(C)(C)C)c1C. The van der Waals surface area contributed by atoms with Crippen molar-refractivity contribution in [2.45, 2.75) is 66.3 Å². The van der Waals surface area contributed by atoms with Crippen LogP contribution in [-0.2, 0) is 4.79 Å². The standard InChI is InChI=1S/C22H33N5O2/c1-14-15(2)25-29-20(14)16-13-23-21(26(6)7)24-19(16)17-10-8-9-11-27(17)18(28)12-22(3,4)5/h13,17H,8-12H2,1-7H3/t17-/m1/s1. The maximum atomic E-state index is 13.2. The number of aryl methyl sites for hydroxylation is 1. The smallest absolute Gasteiger partial charge is 0.225 e. The summed E-state index contributed by atoms with van der Waals surface area (Å²) in [7, 11) is 3.85. The first-order valence-corrected chi connectivity index (χ1v) is 10.4. The van der Waals surface area contributed by atoms with E-state index in [1.54, 1.807) is 0 Å². The number of amides is 1. The zero-order valence-corrected chi connectivity index (χ0v) is 18.7. The number of hydrogen-bond acceptors (Lipinski definition) is 6. The molecule has 158 valence electrons. The van der Waals surface area contributed by atoms with Gasteiger partial charge in [0.2, 0.25) is 11.9 Å². The molecule has 0 bridgehead atoms. The Hall–Kier alpha value is -2.44. The number of piperidine rings is 1. The van der Waals surface area contributed by atoms with Crippen LogP contribution in [0.25, 0.3) is 11.3 Å². The van der Waals surface area contributed by atoms with E-state index in [0.29, 0.717) is 18.1 Å². The summed E-state index contributed by atoms with van der Waals surface area (Å²) in [6.45, 7) is 11.0. The molecular formula is C22H33N5O2. The van der Waals surface area contributed by atoms with Crippen LogP contribution in [-0.4, -0.2) is 46.6 Å². The van der Waals surface area contributed by atoms with Crippen LogP contribution in [0.3, 0.4) is 0 Å². The van der Waals surface area contributed by atoms with Crippen LogP contribution in [0.15, 0.2) is 10.7 Å². The van der Waals surface area contributed by atoms with Gasteiger partial charge in [0.1, 0.15) is 0 Å². The molecule has 2 aromatic heterocycles. The van der Waals surface area contributed by atoms with Crippen molar-refractivity contribution in [3.8, 4) is 11.3 Å². The molecule has 1 amide bonds. The Morgan fingerprint density at radius 3 is 2.59 bits per heavy atom. The molecule has 7 nitrogen and oxygen atoms in total. The average Bonchev–Trinajstić information content (AvgIpc) is 2.98. The summed E-state index contributed by atoms with van der Waals surface area (Å²) in [4.78, 5) is 26.5. The first kappa shape index (κ1) is 21.3. The van der Waals surface area contributed by atoms with Crippen LogP contribution in [0.1, 0.15) is 69.4 Å². The van der Waals surface area contributed by atoms with Crippen molar-refractivity contribution in [1.29, 1.82) is 0 Å². The average molecular weight is 400 g/mol. The number of hydrogen-bond donors (Lipinski definition) is 0. The van der Waals surface area contributed by atoms with Gasteiger partial charge in [-0.2, -0.15) is 0 Å². The van der Waals surface area contributed by atoms with Crippen LogP contribution >= 0.6 is 0 Å². The fourth-order valence-corrected chi connectivity index (χ4v) is 3.77. The lowest BCUT2D eigenvalue weighted by Gasteiger charge is -2.37. The fraction of sp³-hybridized carbons (Fsp3) is 0.636. The van der Waals surface area contributed by atoms with Crippen molar-refractivity contribution in [1.82, 2.24) is 20.0 Å². The van der Waals surface area contributed by atoms with Gasteiger partial charge in [-0.15, -0.1) is 0 Å². The summed E-state index contributed by atoms with van der Waals surface area (Å²) in [6, 6.07) is -0.0832. The van der Waals surface area contributed by atoms with Crippen molar-refractivity contribution in [3.63, 3.8) is 0 Å². The molecule has 0 saturated carbocycles. The van der Waals surface area contributed by atoms with E-state index in [4.69, 9.17) is 9.51 Å². The van der Waals surface area contributed by atoms with Gasteiger partial charge in [-0.3, -0.25) is 4.79 Å². The molecule has 1 aliphatic heterocycles. The molecule has 0 aromatic carbocycles. The third-order valence-corrected chi connectivity index (χ3v) is 5.43. The van der Waals surface area contributed by atoms with E-state index < -0.39 is 0 Å². The van der Waals surface area contributed by atoms with Gasteiger partial charge < -0.3 is 14.3 Å². The number of carbonyl (C=O) groups is 1. The second-order valence-electron chi connectivity index (χ2n) is 9.42. The highest BCUT2D eigenvalue weighted by Crippen LogP contribution is 2.38. The first-order valence-electron chi connectivity index (χ1n) is 10.4. The summed E-state index contributed by atoms with van der Waals surface area (Å²) in [6.07, 6.45) is 5.31. The number of rotatable bonds is 4. The van der Waals surface area contributed by atoms with E-state index in [9.17, 15) is 4.79 Å².